The fraction of sp³-hybridized carbons (Fsp3) is 0.800. The van der Waals surface area contributed by atoms with Crippen LogP contribution < -0.4 is 11.1 Å². The summed E-state index contributed by atoms with van der Waals surface area (Å²) in [5.41, 5.74) is 5.66. The van der Waals surface area contributed by atoms with E-state index < -0.39 is 18.1 Å². The zero-order valence-electron chi connectivity index (χ0n) is 9.90. The maximum Gasteiger partial charge on any atom is 0.336 e. The molecule has 0 aliphatic carbocycles. The number of methoxy groups -OCH3 is 1. The van der Waals surface area contributed by atoms with Crippen molar-refractivity contribution in [1.82, 2.24) is 5.32 Å². The van der Waals surface area contributed by atoms with Crippen molar-refractivity contribution >= 4 is 11.9 Å². The fourth-order valence-corrected chi connectivity index (χ4v) is 1.05. The third-order valence-corrected chi connectivity index (χ3v) is 2.50. The first kappa shape index (κ1) is 14.9. The van der Waals surface area contributed by atoms with E-state index >= 15 is 0 Å². The van der Waals surface area contributed by atoms with Crippen LogP contribution in [0.2, 0.25) is 0 Å². The van der Waals surface area contributed by atoms with Gasteiger partial charge in [0.15, 0.2) is 6.10 Å². The summed E-state index contributed by atoms with van der Waals surface area (Å²) in [4.78, 5) is 22.3. The van der Waals surface area contributed by atoms with Gasteiger partial charge in [-0.15, -0.1) is 0 Å². The maximum absolute atomic E-state index is 11.5. The van der Waals surface area contributed by atoms with Gasteiger partial charge in [0.05, 0.1) is 19.7 Å². The minimum absolute atomic E-state index is 0.0512. The molecule has 16 heavy (non-hydrogen) atoms. The molecule has 1 amide bonds. The first-order valence-electron chi connectivity index (χ1n) is 5.23. The van der Waals surface area contributed by atoms with Crippen molar-refractivity contribution in [3.8, 4) is 0 Å². The smallest absolute Gasteiger partial charge is 0.336 e. The maximum atomic E-state index is 11.5. The molecule has 0 aromatic carbocycles. The summed E-state index contributed by atoms with van der Waals surface area (Å²) in [6.07, 6.45) is -0.563. The molecule has 0 saturated heterocycles. The summed E-state index contributed by atoms with van der Waals surface area (Å²) in [5, 5.41) is 11.6. The van der Waals surface area contributed by atoms with E-state index in [1.807, 2.05) is 13.8 Å². The van der Waals surface area contributed by atoms with Crippen molar-refractivity contribution in [2.45, 2.75) is 32.4 Å². The topological polar surface area (TPSA) is 102 Å². The van der Waals surface area contributed by atoms with Gasteiger partial charge in [-0.2, -0.15) is 0 Å². The summed E-state index contributed by atoms with van der Waals surface area (Å²) in [7, 11) is 1.16. The number of esters is 1. The average molecular weight is 232 g/mol. The van der Waals surface area contributed by atoms with Gasteiger partial charge in [0.1, 0.15) is 0 Å². The van der Waals surface area contributed by atoms with Crippen LogP contribution in [0.15, 0.2) is 0 Å². The van der Waals surface area contributed by atoms with E-state index in [1.165, 1.54) is 0 Å². The van der Waals surface area contributed by atoms with Crippen LogP contribution in [0.25, 0.3) is 0 Å². The molecule has 6 heteroatoms. The van der Waals surface area contributed by atoms with Gasteiger partial charge in [0.2, 0.25) is 5.91 Å². The molecular weight excluding hydrogens is 212 g/mol. The van der Waals surface area contributed by atoms with Crippen LogP contribution in [0.5, 0.6) is 0 Å². The van der Waals surface area contributed by atoms with Crippen molar-refractivity contribution in [1.29, 1.82) is 0 Å². The number of aliphatic hydroxyl groups excluding tert-OH is 1. The first-order chi connectivity index (χ1) is 7.43. The highest BCUT2D eigenvalue weighted by Crippen LogP contribution is 2.04. The fourth-order valence-electron chi connectivity index (χ4n) is 1.05. The number of carbonyl (C=O) groups is 2. The number of nitrogens with one attached hydrogen (secondary N) is 1. The number of hydrogen-bond acceptors (Lipinski definition) is 5. The molecule has 0 saturated carbocycles. The monoisotopic (exact) mass is 232 g/mol. The Labute approximate surface area is 95.1 Å². The van der Waals surface area contributed by atoms with E-state index in [0.717, 1.165) is 13.5 Å². The van der Waals surface area contributed by atoms with Gasteiger partial charge in [-0.05, 0) is 5.92 Å². The molecule has 0 aliphatic heterocycles. The van der Waals surface area contributed by atoms with E-state index in [1.54, 1.807) is 0 Å². The van der Waals surface area contributed by atoms with E-state index in [0.29, 0.717) is 0 Å². The molecule has 6 nitrogen and oxygen atoms in total. The van der Waals surface area contributed by atoms with Crippen molar-refractivity contribution in [3.63, 3.8) is 0 Å². The van der Waals surface area contributed by atoms with Crippen LogP contribution in [-0.2, 0) is 14.3 Å². The first-order valence-corrected chi connectivity index (χ1v) is 5.23. The van der Waals surface area contributed by atoms with Crippen LogP contribution in [0.4, 0.5) is 0 Å². The number of ether oxygens (including phenoxy) is 1. The number of nitrogens with two attached hydrogens (primary N) is 1. The Kier molecular flexibility index (Phi) is 6.67. The van der Waals surface area contributed by atoms with Gasteiger partial charge in [-0.1, -0.05) is 20.3 Å². The van der Waals surface area contributed by atoms with E-state index in [2.05, 4.69) is 10.1 Å². The van der Waals surface area contributed by atoms with Crippen LogP contribution >= 0.6 is 0 Å². The molecular formula is C10H20N2O4. The molecule has 0 aromatic rings. The Morgan fingerprint density at radius 1 is 1.50 bits per heavy atom. The zero-order chi connectivity index (χ0) is 12.7. The molecule has 0 aromatic heterocycles. The number of aliphatic hydroxyl groups is 1. The highest BCUT2D eigenvalue weighted by Gasteiger charge is 2.21. The third kappa shape index (κ3) is 4.59. The Morgan fingerprint density at radius 2 is 2.06 bits per heavy atom. The average Bonchev–Trinajstić information content (AvgIpc) is 2.32. The minimum atomic E-state index is -1.35. The van der Waals surface area contributed by atoms with Gasteiger partial charge in [-0.3, -0.25) is 4.79 Å². The minimum Gasteiger partial charge on any atom is -0.467 e. The Bertz CT molecular complexity index is 245. The van der Waals surface area contributed by atoms with Gasteiger partial charge in [-0.25, -0.2) is 4.79 Å². The molecule has 3 atom stereocenters. The van der Waals surface area contributed by atoms with Crippen LogP contribution in [0, 0.1) is 5.92 Å². The Morgan fingerprint density at radius 3 is 2.50 bits per heavy atom. The molecule has 0 radical (unpaired) electrons. The standard InChI is InChI=1S/C10H20N2O4/c1-4-6(2)8(11)9(14)12-5-7(13)10(15)16-3/h6-8,13H,4-5,11H2,1-3H3,(H,12,14)/t6-,7?,8-/m0/s1. The number of carbonyl (C=O) groups excluding carboxylic acids is 2. The number of rotatable bonds is 6. The van der Waals surface area contributed by atoms with Crippen molar-refractivity contribution in [2.24, 2.45) is 11.7 Å². The van der Waals surface area contributed by atoms with Crippen molar-refractivity contribution in [3.05, 3.63) is 0 Å². The quantitative estimate of drug-likeness (QED) is 0.510. The molecule has 94 valence electrons. The predicted octanol–water partition coefficient (Wildman–Crippen LogP) is -0.990. The molecule has 0 spiro atoms. The molecule has 4 N–H and O–H groups in total. The van der Waals surface area contributed by atoms with E-state index in [9.17, 15) is 14.7 Å². The Hall–Kier alpha value is -1.14. The van der Waals surface area contributed by atoms with Gasteiger partial charge in [0.25, 0.3) is 0 Å². The van der Waals surface area contributed by atoms with Crippen molar-refractivity contribution < 1.29 is 19.4 Å². The van der Waals surface area contributed by atoms with Crippen molar-refractivity contribution in [2.75, 3.05) is 13.7 Å². The van der Waals surface area contributed by atoms with E-state index in [-0.39, 0.29) is 18.4 Å². The number of amides is 1. The van der Waals surface area contributed by atoms with Crippen LogP contribution in [0.3, 0.4) is 0 Å². The molecule has 0 heterocycles. The second-order valence-corrected chi connectivity index (χ2v) is 3.70. The molecule has 0 fully saturated rings. The summed E-state index contributed by atoms with van der Waals surface area (Å²) in [5.74, 6) is -1.11. The Balaban J connectivity index is 4.02. The van der Waals surface area contributed by atoms with E-state index in [4.69, 9.17) is 5.73 Å². The lowest BCUT2D eigenvalue weighted by Crippen LogP contribution is -2.47. The van der Waals surface area contributed by atoms with Gasteiger partial charge < -0.3 is 20.9 Å². The second kappa shape index (κ2) is 7.19. The molecule has 0 aliphatic rings. The lowest BCUT2D eigenvalue weighted by atomic mass is 9.99. The van der Waals surface area contributed by atoms with Crippen LogP contribution in [0.1, 0.15) is 20.3 Å². The summed E-state index contributed by atoms with van der Waals surface area (Å²) < 4.78 is 4.30. The second-order valence-electron chi connectivity index (χ2n) is 3.70. The molecule has 1 unspecified atom stereocenters. The normalized spacial score (nSPS) is 16.1. The third-order valence-electron chi connectivity index (χ3n) is 2.50. The van der Waals surface area contributed by atoms with Gasteiger partial charge >= 0.3 is 5.97 Å². The molecule has 0 bridgehead atoms. The largest absolute Gasteiger partial charge is 0.467 e. The van der Waals surface area contributed by atoms with Gasteiger partial charge in [0, 0.05) is 0 Å². The summed E-state index contributed by atoms with van der Waals surface area (Å²) >= 11 is 0. The number of hydrogen-bond donors (Lipinski definition) is 3. The lowest BCUT2D eigenvalue weighted by Gasteiger charge is -2.18. The molecule has 0 rings (SSSR count). The van der Waals surface area contributed by atoms with Crippen LogP contribution in [-0.4, -0.2) is 42.8 Å². The lowest BCUT2D eigenvalue weighted by molar-refractivity contribution is -0.150. The predicted molar refractivity (Wildman–Crippen MR) is 58.5 cm³/mol. The summed E-state index contributed by atoms with van der Waals surface area (Å²) in [6.45, 7) is 3.61. The zero-order valence-corrected chi connectivity index (χ0v) is 9.90. The highest BCUT2D eigenvalue weighted by atomic mass is 16.5. The SMILES string of the molecule is CC[C@H](C)[C@H](N)C(=O)NCC(O)C(=O)OC. The summed E-state index contributed by atoms with van der Waals surface area (Å²) in [6, 6.07) is -0.630. The highest BCUT2D eigenvalue weighted by molar-refractivity contribution is 5.82.